The summed E-state index contributed by atoms with van der Waals surface area (Å²) < 4.78 is 0. The molecule has 2 saturated heterocycles. The number of aryl methyl sites for hydroxylation is 2. The fourth-order valence-corrected chi connectivity index (χ4v) is 5.78. The van der Waals surface area contributed by atoms with E-state index in [1.54, 1.807) is 6.07 Å². The van der Waals surface area contributed by atoms with Gasteiger partial charge in [-0.15, -0.1) is 0 Å². The van der Waals surface area contributed by atoms with E-state index in [4.69, 9.17) is 4.98 Å². The van der Waals surface area contributed by atoms with Crippen LogP contribution in [0.2, 0.25) is 0 Å². The third-order valence-electron chi connectivity index (χ3n) is 6.32. The molecule has 33 heavy (non-hydrogen) atoms. The van der Waals surface area contributed by atoms with E-state index < -0.39 is 0 Å². The van der Waals surface area contributed by atoms with Crippen molar-refractivity contribution in [2.75, 3.05) is 31.5 Å². The van der Waals surface area contributed by atoms with Gasteiger partial charge in [0.25, 0.3) is 0 Å². The number of hydrogen-bond donors (Lipinski definition) is 1. The number of anilines is 1. The highest BCUT2D eigenvalue weighted by atomic mass is 32.1. The maximum absolute atomic E-state index is 13.1. The number of rotatable bonds is 3. The molecule has 2 aliphatic heterocycles. The number of thiazole rings is 1. The van der Waals surface area contributed by atoms with Crippen molar-refractivity contribution in [1.29, 1.82) is 5.26 Å². The maximum atomic E-state index is 13.1. The van der Waals surface area contributed by atoms with Crippen LogP contribution in [0.4, 0.5) is 9.93 Å². The maximum Gasteiger partial charge on any atom is 0.323 e. The summed E-state index contributed by atoms with van der Waals surface area (Å²) in [5, 5.41) is 13.0. The quantitative estimate of drug-likeness (QED) is 0.616. The van der Waals surface area contributed by atoms with Crippen LogP contribution in [0.1, 0.15) is 29.8 Å². The van der Waals surface area contributed by atoms with Crippen molar-refractivity contribution >= 4 is 22.5 Å². The minimum atomic E-state index is -0.0961. The molecule has 5 rings (SSSR count). The topological polar surface area (TPSA) is 85.2 Å². The summed E-state index contributed by atoms with van der Waals surface area (Å²) in [5.74, 6) is 0. The molecular weight excluding hydrogens is 432 g/mol. The summed E-state index contributed by atoms with van der Waals surface area (Å²) in [6, 6.07) is 14.1. The van der Waals surface area contributed by atoms with Crippen molar-refractivity contribution in [3.63, 3.8) is 0 Å². The summed E-state index contributed by atoms with van der Waals surface area (Å²) >= 11 is 1.46. The second-order valence-electron chi connectivity index (χ2n) is 8.74. The summed E-state index contributed by atoms with van der Waals surface area (Å²) in [6.07, 6.45) is 2.37. The molecule has 0 spiro atoms. The Morgan fingerprint density at radius 3 is 2.73 bits per heavy atom. The van der Waals surface area contributed by atoms with Gasteiger partial charge in [0.1, 0.15) is 0 Å². The van der Waals surface area contributed by atoms with Crippen LogP contribution in [0.15, 0.2) is 36.4 Å². The van der Waals surface area contributed by atoms with Gasteiger partial charge in [0, 0.05) is 42.6 Å². The minimum Gasteiger partial charge on any atom is -0.322 e. The molecule has 168 valence electrons. The van der Waals surface area contributed by atoms with Gasteiger partial charge in [-0.2, -0.15) is 5.26 Å². The molecule has 7 nitrogen and oxygen atoms in total. The zero-order chi connectivity index (χ0) is 22.9. The highest BCUT2D eigenvalue weighted by Gasteiger charge is 2.32. The van der Waals surface area contributed by atoms with Crippen molar-refractivity contribution in [2.45, 2.75) is 32.7 Å². The monoisotopic (exact) mass is 458 g/mol. The van der Waals surface area contributed by atoms with Crippen molar-refractivity contribution in [3.05, 3.63) is 53.3 Å². The standard InChI is InChI=1S/C25H26N6OS/c1-16-11-20(12-17(2)27-16)23-22(19-6-3-5-18(13-19)14-26)28-24(33-23)29-25(32)31-10-9-30-8-4-7-21(30)15-31/h3,5-6,11-13,21H,4,7-10,15H2,1-2H3,(H,28,29,32). The van der Waals surface area contributed by atoms with Crippen LogP contribution in [0.3, 0.4) is 0 Å². The van der Waals surface area contributed by atoms with Gasteiger partial charge in [-0.1, -0.05) is 23.5 Å². The number of benzene rings is 1. The number of amides is 2. The molecule has 1 N–H and O–H groups in total. The van der Waals surface area contributed by atoms with Crippen LogP contribution in [-0.4, -0.2) is 58.0 Å². The number of piperazine rings is 1. The van der Waals surface area contributed by atoms with E-state index in [0.29, 0.717) is 16.7 Å². The van der Waals surface area contributed by atoms with Gasteiger partial charge in [-0.05, 0) is 63.1 Å². The number of urea groups is 1. The Balaban J connectivity index is 1.47. The lowest BCUT2D eigenvalue weighted by Crippen LogP contribution is -2.53. The SMILES string of the molecule is Cc1cc(-c2sc(NC(=O)N3CCN4CCCC4C3)nc2-c2cccc(C#N)c2)cc(C)n1. The average Bonchev–Trinajstić information content (AvgIpc) is 3.45. The number of pyridine rings is 1. The molecule has 1 aromatic carbocycles. The Morgan fingerprint density at radius 2 is 1.94 bits per heavy atom. The van der Waals surface area contributed by atoms with E-state index in [1.165, 1.54) is 17.8 Å². The third kappa shape index (κ3) is 4.47. The predicted octanol–water partition coefficient (Wildman–Crippen LogP) is 4.67. The molecule has 2 amide bonds. The first-order valence-electron chi connectivity index (χ1n) is 11.3. The third-order valence-corrected chi connectivity index (χ3v) is 7.34. The van der Waals surface area contributed by atoms with E-state index in [1.807, 2.05) is 49.1 Å². The van der Waals surface area contributed by atoms with Gasteiger partial charge in [-0.25, -0.2) is 9.78 Å². The predicted molar refractivity (Wildman–Crippen MR) is 130 cm³/mol. The minimum absolute atomic E-state index is 0.0961. The van der Waals surface area contributed by atoms with Crippen LogP contribution in [0.25, 0.3) is 21.7 Å². The highest BCUT2D eigenvalue weighted by molar-refractivity contribution is 7.19. The number of nitrogens with one attached hydrogen (secondary N) is 1. The molecule has 2 aliphatic rings. The van der Waals surface area contributed by atoms with Gasteiger partial charge in [0.15, 0.2) is 5.13 Å². The lowest BCUT2D eigenvalue weighted by atomic mass is 10.0. The van der Waals surface area contributed by atoms with Gasteiger partial charge in [-0.3, -0.25) is 15.2 Å². The molecule has 0 bridgehead atoms. The number of carbonyl (C=O) groups excluding carboxylic acids is 1. The molecule has 0 saturated carbocycles. The Bertz CT molecular complexity index is 1230. The fourth-order valence-electron chi connectivity index (χ4n) is 4.81. The van der Waals surface area contributed by atoms with E-state index in [0.717, 1.165) is 65.7 Å². The number of hydrogen-bond acceptors (Lipinski definition) is 6. The lowest BCUT2D eigenvalue weighted by Gasteiger charge is -2.37. The van der Waals surface area contributed by atoms with Gasteiger partial charge in [0.2, 0.25) is 0 Å². The Kier molecular flexibility index (Phi) is 5.83. The molecule has 1 unspecified atom stereocenters. The first-order chi connectivity index (χ1) is 16.0. The highest BCUT2D eigenvalue weighted by Crippen LogP contribution is 2.40. The molecule has 1 atom stereocenters. The van der Waals surface area contributed by atoms with Crippen LogP contribution < -0.4 is 5.32 Å². The fraction of sp³-hybridized carbons (Fsp3) is 0.360. The summed E-state index contributed by atoms with van der Waals surface area (Å²) in [4.78, 5) is 27.7. The van der Waals surface area contributed by atoms with Crippen molar-refractivity contribution in [2.24, 2.45) is 0 Å². The number of aromatic nitrogens is 2. The van der Waals surface area contributed by atoms with Crippen LogP contribution in [0.5, 0.6) is 0 Å². The van der Waals surface area contributed by atoms with Crippen LogP contribution in [-0.2, 0) is 0 Å². The molecule has 3 aromatic rings. The number of nitrogens with zero attached hydrogens (tertiary/aromatic N) is 5. The second kappa shape index (κ2) is 8.93. The first kappa shape index (κ1) is 21.6. The zero-order valence-electron chi connectivity index (χ0n) is 18.8. The molecule has 8 heteroatoms. The van der Waals surface area contributed by atoms with Crippen LogP contribution in [0, 0.1) is 25.2 Å². The van der Waals surface area contributed by atoms with Crippen molar-refractivity contribution in [1.82, 2.24) is 19.8 Å². The molecule has 2 aromatic heterocycles. The molecule has 4 heterocycles. The summed E-state index contributed by atoms with van der Waals surface area (Å²) in [5.41, 5.74) is 5.05. The zero-order valence-corrected chi connectivity index (χ0v) is 19.7. The number of fused-ring (bicyclic) bond motifs is 1. The average molecular weight is 459 g/mol. The number of carbonyl (C=O) groups is 1. The molecule has 0 radical (unpaired) electrons. The Labute approximate surface area is 197 Å². The Morgan fingerprint density at radius 1 is 1.12 bits per heavy atom. The largest absolute Gasteiger partial charge is 0.323 e. The Hall–Kier alpha value is -3.28. The van der Waals surface area contributed by atoms with Crippen LogP contribution >= 0.6 is 11.3 Å². The van der Waals surface area contributed by atoms with Gasteiger partial charge >= 0.3 is 6.03 Å². The molecule has 0 aliphatic carbocycles. The number of nitriles is 1. The lowest BCUT2D eigenvalue weighted by molar-refractivity contribution is 0.124. The van der Waals surface area contributed by atoms with Crippen molar-refractivity contribution < 1.29 is 4.79 Å². The normalized spacial score (nSPS) is 18.1. The van der Waals surface area contributed by atoms with Crippen molar-refractivity contribution in [3.8, 4) is 27.8 Å². The summed E-state index contributed by atoms with van der Waals surface area (Å²) in [7, 11) is 0. The van der Waals surface area contributed by atoms with Gasteiger partial charge in [0.05, 0.1) is 22.2 Å². The first-order valence-corrected chi connectivity index (χ1v) is 12.1. The molecular formula is C25H26N6OS. The smallest absolute Gasteiger partial charge is 0.322 e. The van der Waals surface area contributed by atoms with E-state index in [-0.39, 0.29) is 6.03 Å². The van der Waals surface area contributed by atoms with E-state index in [9.17, 15) is 10.1 Å². The summed E-state index contributed by atoms with van der Waals surface area (Å²) in [6.45, 7) is 7.52. The second-order valence-corrected chi connectivity index (χ2v) is 9.74. The van der Waals surface area contributed by atoms with E-state index in [2.05, 4.69) is 21.3 Å². The van der Waals surface area contributed by atoms with E-state index >= 15 is 0 Å². The van der Waals surface area contributed by atoms with Gasteiger partial charge < -0.3 is 4.90 Å². The molecule has 2 fully saturated rings.